The standard InChI is InChI=1S/C14H11ClN2O4/c1-8-6-13(18)12(7-11(8)15)16-14(19)9-2-4-10(5-3-9)17(20)21/h2-7,18H,1H3,(H,16,19). The second kappa shape index (κ2) is 5.80. The zero-order valence-electron chi connectivity index (χ0n) is 11.0. The molecule has 2 aromatic carbocycles. The highest BCUT2D eigenvalue weighted by molar-refractivity contribution is 6.31. The van der Waals surface area contributed by atoms with E-state index in [0.29, 0.717) is 10.6 Å². The first-order valence-electron chi connectivity index (χ1n) is 5.93. The van der Waals surface area contributed by atoms with Crippen molar-refractivity contribution in [2.24, 2.45) is 0 Å². The Hall–Kier alpha value is -2.60. The molecule has 1 amide bonds. The zero-order chi connectivity index (χ0) is 15.6. The number of carbonyl (C=O) groups excluding carboxylic acids is 1. The van der Waals surface area contributed by atoms with Crippen molar-refractivity contribution in [2.75, 3.05) is 5.32 Å². The van der Waals surface area contributed by atoms with Gasteiger partial charge in [-0.15, -0.1) is 0 Å². The summed E-state index contributed by atoms with van der Waals surface area (Å²) in [7, 11) is 0. The summed E-state index contributed by atoms with van der Waals surface area (Å²) in [5.41, 5.74) is 0.987. The van der Waals surface area contributed by atoms with Crippen molar-refractivity contribution < 1.29 is 14.8 Å². The van der Waals surface area contributed by atoms with Crippen molar-refractivity contribution in [1.29, 1.82) is 0 Å². The monoisotopic (exact) mass is 306 g/mol. The van der Waals surface area contributed by atoms with Crippen LogP contribution in [0.2, 0.25) is 5.02 Å². The van der Waals surface area contributed by atoms with Gasteiger partial charge in [0.15, 0.2) is 0 Å². The number of carbonyl (C=O) groups is 1. The molecule has 0 heterocycles. The van der Waals surface area contributed by atoms with Crippen molar-refractivity contribution in [3.63, 3.8) is 0 Å². The SMILES string of the molecule is Cc1cc(O)c(NC(=O)c2ccc([N+](=O)[O-])cc2)cc1Cl. The summed E-state index contributed by atoms with van der Waals surface area (Å²) in [5, 5.41) is 23.2. The summed E-state index contributed by atoms with van der Waals surface area (Å²) in [5.74, 6) is -0.604. The fraction of sp³-hybridized carbons (Fsp3) is 0.0714. The second-order valence-electron chi connectivity index (χ2n) is 4.38. The van der Waals surface area contributed by atoms with E-state index in [1.807, 2.05) is 0 Å². The molecule has 0 aliphatic heterocycles. The lowest BCUT2D eigenvalue weighted by Gasteiger charge is -2.09. The van der Waals surface area contributed by atoms with E-state index in [-0.39, 0.29) is 22.7 Å². The summed E-state index contributed by atoms with van der Waals surface area (Å²) < 4.78 is 0. The number of hydrogen-bond acceptors (Lipinski definition) is 4. The minimum Gasteiger partial charge on any atom is -0.506 e. The maximum absolute atomic E-state index is 12.0. The van der Waals surface area contributed by atoms with E-state index >= 15 is 0 Å². The normalized spacial score (nSPS) is 10.2. The highest BCUT2D eigenvalue weighted by atomic mass is 35.5. The number of aromatic hydroxyl groups is 1. The molecule has 7 heteroatoms. The summed E-state index contributed by atoms with van der Waals surface area (Å²) >= 11 is 5.93. The van der Waals surface area contributed by atoms with Gasteiger partial charge >= 0.3 is 0 Å². The van der Waals surface area contributed by atoms with E-state index in [1.54, 1.807) is 6.92 Å². The van der Waals surface area contributed by atoms with Gasteiger partial charge in [0.05, 0.1) is 10.6 Å². The molecule has 0 unspecified atom stereocenters. The summed E-state index contributed by atoms with van der Waals surface area (Å²) in [4.78, 5) is 22.0. The number of hydrogen-bond donors (Lipinski definition) is 2. The van der Waals surface area contributed by atoms with Crippen LogP contribution >= 0.6 is 11.6 Å². The van der Waals surface area contributed by atoms with Gasteiger partial charge in [-0.1, -0.05) is 11.6 Å². The Bertz CT molecular complexity index is 714. The summed E-state index contributed by atoms with van der Waals surface area (Å²) in [6.45, 7) is 1.73. The Morgan fingerprint density at radius 1 is 1.29 bits per heavy atom. The number of phenolic OH excluding ortho intramolecular Hbond substituents is 1. The Morgan fingerprint density at radius 3 is 2.48 bits per heavy atom. The van der Waals surface area contributed by atoms with Crippen molar-refractivity contribution in [1.82, 2.24) is 0 Å². The fourth-order valence-corrected chi connectivity index (χ4v) is 1.86. The van der Waals surface area contributed by atoms with Gasteiger partial charge in [0, 0.05) is 22.7 Å². The van der Waals surface area contributed by atoms with Crippen LogP contribution in [0.3, 0.4) is 0 Å². The minimum absolute atomic E-state index is 0.104. The van der Waals surface area contributed by atoms with Gasteiger partial charge in [-0.25, -0.2) is 0 Å². The molecule has 21 heavy (non-hydrogen) atoms. The summed E-state index contributed by atoms with van der Waals surface area (Å²) in [6.07, 6.45) is 0. The van der Waals surface area contributed by atoms with E-state index in [0.717, 1.165) is 0 Å². The molecule has 0 fully saturated rings. The van der Waals surface area contributed by atoms with Crippen molar-refractivity contribution in [2.45, 2.75) is 6.92 Å². The van der Waals surface area contributed by atoms with Crippen LogP contribution in [0.25, 0.3) is 0 Å². The Kier molecular flexibility index (Phi) is 4.09. The van der Waals surface area contributed by atoms with Gasteiger partial charge in [0.2, 0.25) is 0 Å². The number of amides is 1. The van der Waals surface area contributed by atoms with Gasteiger partial charge in [-0.2, -0.15) is 0 Å². The molecular weight excluding hydrogens is 296 g/mol. The largest absolute Gasteiger partial charge is 0.506 e. The number of nitro groups is 1. The molecule has 0 aromatic heterocycles. The average Bonchev–Trinajstić information content (AvgIpc) is 2.44. The average molecular weight is 307 g/mol. The van der Waals surface area contributed by atoms with E-state index in [2.05, 4.69) is 5.32 Å². The van der Waals surface area contributed by atoms with Crippen molar-refractivity contribution in [3.05, 3.63) is 62.7 Å². The number of rotatable bonds is 3. The lowest BCUT2D eigenvalue weighted by molar-refractivity contribution is -0.384. The van der Waals surface area contributed by atoms with Gasteiger partial charge in [0.25, 0.3) is 11.6 Å². The first-order chi connectivity index (χ1) is 9.88. The molecule has 0 saturated heterocycles. The van der Waals surface area contributed by atoms with Crippen molar-refractivity contribution >= 4 is 28.9 Å². The number of non-ortho nitro benzene ring substituents is 1. The maximum atomic E-state index is 12.0. The van der Waals surface area contributed by atoms with Gasteiger partial charge in [0.1, 0.15) is 5.75 Å². The molecule has 0 atom stereocenters. The van der Waals surface area contributed by atoms with E-state index < -0.39 is 10.8 Å². The predicted molar refractivity (Wildman–Crippen MR) is 78.9 cm³/mol. The van der Waals surface area contributed by atoms with Gasteiger partial charge in [-0.05, 0) is 36.8 Å². The number of aryl methyl sites for hydroxylation is 1. The number of phenols is 1. The molecule has 0 aliphatic carbocycles. The molecule has 108 valence electrons. The van der Waals surface area contributed by atoms with Crippen LogP contribution in [0.15, 0.2) is 36.4 Å². The van der Waals surface area contributed by atoms with Crippen LogP contribution in [-0.2, 0) is 0 Å². The number of nitrogens with one attached hydrogen (secondary N) is 1. The highest BCUT2D eigenvalue weighted by Gasteiger charge is 2.12. The van der Waals surface area contributed by atoms with Crippen LogP contribution in [0.1, 0.15) is 15.9 Å². The van der Waals surface area contributed by atoms with Crippen LogP contribution in [0, 0.1) is 17.0 Å². The number of nitrogens with zero attached hydrogens (tertiary/aromatic N) is 1. The Labute approximate surface area is 125 Å². The van der Waals surface area contributed by atoms with Crippen LogP contribution in [0.4, 0.5) is 11.4 Å². The Balaban J connectivity index is 2.22. The second-order valence-corrected chi connectivity index (χ2v) is 4.78. The molecule has 0 aliphatic rings. The molecule has 2 N–H and O–H groups in total. The molecule has 2 aromatic rings. The smallest absolute Gasteiger partial charge is 0.269 e. The molecule has 0 saturated carbocycles. The molecule has 0 spiro atoms. The van der Waals surface area contributed by atoms with E-state index in [4.69, 9.17) is 11.6 Å². The molecule has 0 radical (unpaired) electrons. The third-order valence-electron chi connectivity index (χ3n) is 2.87. The quantitative estimate of drug-likeness (QED) is 0.515. The molecule has 2 rings (SSSR count). The first-order valence-corrected chi connectivity index (χ1v) is 6.31. The molecule has 6 nitrogen and oxygen atoms in total. The molecular formula is C14H11ClN2O4. The van der Waals surface area contributed by atoms with E-state index in [9.17, 15) is 20.0 Å². The van der Waals surface area contributed by atoms with Crippen molar-refractivity contribution in [3.8, 4) is 5.75 Å². The third kappa shape index (κ3) is 3.29. The van der Waals surface area contributed by atoms with Gasteiger partial charge in [-0.3, -0.25) is 14.9 Å². The van der Waals surface area contributed by atoms with Gasteiger partial charge < -0.3 is 10.4 Å². The molecule has 0 bridgehead atoms. The number of nitro benzene ring substituents is 1. The maximum Gasteiger partial charge on any atom is 0.269 e. The predicted octanol–water partition coefficient (Wildman–Crippen LogP) is 3.51. The summed E-state index contributed by atoms with van der Waals surface area (Å²) in [6, 6.07) is 8.01. The lowest BCUT2D eigenvalue weighted by Crippen LogP contribution is -2.12. The third-order valence-corrected chi connectivity index (χ3v) is 3.27. The lowest BCUT2D eigenvalue weighted by atomic mass is 10.1. The first kappa shape index (κ1) is 14.8. The number of benzene rings is 2. The zero-order valence-corrected chi connectivity index (χ0v) is 11.7. The van der Waals surface area contributed by atoms with Crippen LogP contribution in [-0.4, -0.2) is 15.9 Å². The highest BCUT2D eigenvalue weighted by Crippen LogP contribution is 2.30. The fourth-order valence-electron chi connectivity index (χ4n) is 1.70. The topological polar surface area (TPSA) is 92.5 Å². The van der Waals surface area contributed by atoms with Crippen LogP contribution < -0.4 is 5.32 Å². The Morgan fingerprint density at radius 2 is 1.90 bits per heavy atom. The number of halogens is 1. The number of anilines is 1. The minimum atomic E-state index is -0.548. The van der Waals surface area contributed by atoms with Crippen LogP contribution in [0.5, 0.6) is 5.75 Å². The van der Waals surface area contributed by atoms with E-state index in [1.165, 1.54) is 36.4 Å².